The number of rotatable bonds is 5. The fourth-order valence-electron chi connectivity index (χ4n) is 2.32. The third-order valence-corrected chi connectivity index (χ3v) is 3.65. The van der Waals surface area contributed by atoms with Crippen LogP contribution in [-0.2, 0) is 0 Å². The molecule has 0 saturated heterocycles. The van der Waals surface area contributed by atoms with Gasteiger partial charge in [0.25, 0.3) is 0 Å². The van der Waals surface area contributed by atoms with Crippen molar-refractivity contribution in [3.63, 3.8) is 0 Å². The van der Waals surface area contributed by atoms with Crippen LogP contribution in [0.1, 0.15) is 38.3 Å². The maximum Gasteiger partial charge on any atom is 0.165 e. The summed E-state index contributed by atoms with van der Waals surface area (Å²) in [6.07, 6.45) is 2.41. The SMILES string of the molecule is CCNC(c1ccc(OC)c(F)c1)C1(C)CC1. The smallest absolute Gasteiger partial charge is 0.165 e. The summed E-state index contributed by atoms with van der Waals surface area (Å²) in [5, 5.41) is 3.46. The molecule has 0 amide bonds. The zero-order chi connectivity index (χ0) is 12.5. The minimum atomic E-state index is -0.280. The first-order valence-electron chi connectivity index (χ1n) is 6.17. The topological polar surface area (TPSA) is 21.3 Å². The van der Waals surface area contributed by atoms with E-state index >= 15 is 0 Å². The molecule has 3 heteroatoms. The molecule has 1 atom stereocenters. The van der Waals surface area contributed by atoms with Gasteiger partial charge in [0.2, 0.25) is 0 Å². The Kier molecular flexibility index (Phi) is 3.38. The summed E-state index contributed by atoms with van der Waals surface area (Å²) in [5.74, 6) is 0.0297. The molecule has 1 aliphatic rings. The van der Waals surface area contributed by atoms with Gasteiger partial charge in [-0.1, -0.05) is 19.9 Å². The van der Waals surface area contributed by atoms with Crippen molar-refractivity contribution >= 4 is 0 Å². The molecule has 1 aromatic carbocycles. The predicted octanol–water partition coefficient (Wildman–Crippen LogP) is 3.29. The van der Waals surface area contributed by atoms with Crippen molar-refractivity contribution in [2.75, 3.05) is 13.7 Å². The molecule has 1 unspecified atom stereocenters. The molecule has 1 aromatic rings. The van der Waals surface area contributed by atoms with Gasteiger partial charge in [-0.3, -0.25) is 0 Å². The quantitative estimate of drug-likeness (QED) is 0.848. The van der Waals surface area contributed by atoms with E-state index in [0.717, 1.165) is 12.1 Å². The van der Waals surface area contributed by atoms with Gasteiger partial charge in [-0.2, -0.15) is 0 Å². The summed E-state index contributed by atoms with van der Waals surface area (Å²) in [6.45, 7) is 5.23. The number of methoxy groups -OCH3 is 1. The molecular formula is C14H20FNO. The number of nitrogens with one attached hydrogen (secondary N) is 1. The minimum Gasteiger partial charge on any atom is -0.494 e. The lowest BCUT2D eigenvalue weighted by Gasteiger charge is -2.25. The highest BCUT2D eigenvalue weighted by molar-refractivity contribution is 5.32. The molecule has 0 radical (unpaired) electrons. The molecule has 94 valence electrons. The van der Waals surface area contributed by atoms with Crippen LogP contribution in [0.3, 0.4) is 0 Å². The van der Waals surface area contributed by atoms with Gasteiger partial charge in [-0.05, 0) is 42.5 Å². The maximum atomic E-state index is 13.7. The zero-order valence-electron chi connectivity index (χ0n) is 10.7. The van der Waals surface area contributed by atoms with Crippen LogP contribution in [0.4, 0.5) is 4.39 Å². The van der Waals surface area contributed by atoms with Crippen molar-refractivity contribution in [1.29, 1.82) is 0 Å². The van der Waals surface area contributed by atoms with Crippen molar-refractivity contribution in [3.05, 3.63) is 29.6 Å². The highest BCUT2D eigenvalue weighted by Crippen LogP contribution is 2.54. The Bertz CT molecular complexity index is 401. The van der Waals surface area contributed by atoms with Crippen LogP contribution in [-0.4, -0.2) is 13.7 Å². The molecule has 2 rings (SSSR count). The first kappa shape index (κ1) is 12.4. The van der Waals surface area contributed by atoms with Gasteiger partial charge in [0.1, 0.15) is 0 Å². The third kappa shape index (κ3) is 2.44. The Hall–Kier alpha value is -1.09. The van der Waals surface area contributed by atoms with E-state index in [4.69, 9.17) is 4.74 Å². The van der Waals surface area contributed by atoms with E-state index in [-0.39, 0.29) is 17.3 Å². The first-order valence-corrected chi connectivity index (χ1v) is 6.17. The molecule has 0 spiro atoms. The van der Waals surface area contributed by atoms with E-state index < -0.39 is 0 Å². The van der Waals surface area contributed by atoms with Gasteiger partial charge in [0.05, 0.1) is 7.11 Å². The fourth-order valence-corrected chi connectivity index (χ4v) is 2.32. The monoisotopic (exact) mass is 237 g/mol. The summed E-state index contributed by atoms with van der Waals surface area (Å²) in [5.41, 5.74) is 1.31. The van der Waals surface area contributed by atoms with E-state index in [1.807, 2.05) is 6.07 Å². The van der Waals surface area contributed by atoms with Crippen molar-refractivity contribution in [3.8, 4) is 5.75 Å². The average Bonchev–Trinajstić information content (AvgIpc) is 3.05. The van der Waals surface area contributed by atoms with Gasteiger partial charge < -0.3 is 10.1 Å². The van der Waals surface area contributed by atoms with E-state index in [1.165, 1.54) is 20.0 Å². The molecule has 1 aliphatic carbocycles. The van der Waals surface area contributed by atoms with Crippen LogP contribution < -0.4 is 10.1 Å². The van der Waals surface area contributed by atoms with Crippen LogP contribution in [0, 0.1) is 11.2 Å². The second-order valence-electron chi connectivity index (χ2n) is 5.04. The summed E-state index contributed by atoms with van der Waals surface area (Å²) >= 11 is 0. The lowest BCUT2D eigenvalue weighted by atomic mass is 9.91. The Labute approximate surface area is 102 Å². The molecule has 0 aliphatic heterocycles. The van der Waals surface area contributed by atoms with Crippen molar-refractivity contribution in [1.82, 2.24) is 5.32 Å². The minimum absolute atomic E-state index is 0.243. The Morgan fingerprint density at radius 3 is 2.65 bits per heavy atom. The van der Waals surface area contributed by atoms with Crippen LogP contribution in [0.25, 0.3) is 0 Å². The second-order valence-corrected chi connectivity index (χ2v) is 5.04. The molecule has 1 N–H and O–H groups in total. The molecule has 0 aromatic heterocycles. The predicted molar refractivity (Wildman–Crippen MR) is 66.7 cm³/mol. The summed E-state index contributed by atoms with van der Waals surface area (Å²) < 4.78 is 18.7. The van der Waals surface area contributed by atoms with Crippen LogP contribution in [0.15, 0.2) is 18.2 Å². The first-order chi connectivity index (χ1) is 8.10. The number of ether oxygens (including phenoxy) is 1. The maximum absolute atomic E-state index is 13.7. The van der Waals surface area contributed by atoms with E-state index in [9.17, 15) is 4.39 Å². The highest BCUT2D eigenvalue weighted by atomic mass is 19.1. The van der Waals surface area contributed by atoms with Crippen molar-refractivity contribution < 1.29 is 9.13 Å². The Balaban J connectivity index is 2.27. The zero-order valence-corrected chi connectivity index (χ0v) is 10.7. The van der Waals surface area contributed by atoms with Crippen LogP contribution >= 0.6 is 0 Å². The summed E-state index contributed by atoms with van der Waals surface area (Å²) in [6, 6.07) is 5.50. The summed E-state index contributed by atoms with van der Waals surface area (Å²) in [4.78, 5) is 0. The van der Waals surface area contributed by atoms with Gasteiger partial charge >= 0.3 is 0 Å². The van der Waals surface area contributed by atoms with Crippen molar-refractivity contribution in [2.24, 2.45) is 5.41 Å². The van der Waals surface area contributed by atoms with Gasteiger partial charge in [0.15, 0.2) is 11.6 Å². The van der Waals surface area contributed by atoms with E-state index in [0.29, 0.717) is 5.75 Å². The van der Waals surface area contributed by atoms with Gasteiger partial charge in [-0.25, -0.2) is 4.39 Å². The molecule has 2 nitrogen and oxygen atoms in total. The lowest BCUT2D eigenvalue weighted by molar-refractivity contribution is 0.365. The van der Waals surface area contributed by atoms with Gasteiger partial charge in [0, 0.05) is 6.04 Å². The van der Waals surface area contributed by atoms with Crippen LogP contribution in [0.5, 0.6) is 5.75 Å². The molecule has 1 fully saturated rings. The standard InChI is InChI=1S/C14H20FNO/c1-4-16-13(14(2)7-8-14)10-5-6-12(17-3)11(15)9-10/h5-6,9,13,16H,4,7-8H2,1-3H3. The molecule has 0 heterocycles. The van der Waals surface area contributed by atoms with Gasteiger partial charge in [-0.15, -0.1) is 0 Å². The number of hydrogen-bond donors (Lipinski definition) is 1. The largest absolute Gasteiger partial charge is 0.494 e. The Morgan fingerprint density at radius 2 is 2.18 bits per heavy atom. The molecule has 0 bridgehead atoms. The number of halogens is 1. The van der Waals surface area contributed by atoms with E-state index in [2.05, 4.69) is 19.2 Å². The third-order valence-electron chi connectivity index (χ3n) is 3.65. The van der Waals surface area contributed by atoms with Crippen molar-refractivity contribution in [2.45, 2.75) is 32.7 Å². The summed E-state index contributed by atoms with van der Waals surface area (Å²) in [7, 11) is 1.49. The van der Waals surface area contributed by atoms with E-state index in [1.54, 1.807) is 12.1 Å². The fraction of sp³-hybridized carbons (Fsp3) is 0.571. The highest BCUT2D eigenvalue weighted by Gasteiger charge is 2.45. The average molecular weight is 237 g/mol. The Morgan fingerprint density at radius 1 is 1.47 bits per heavy atom. The molecular weight excluding hydrogens is 217 g/mol. The molecule has 17 heavy (non-hydrogen) atoms. The lowest BCUT2D eigenvalue weighted by Crippen LogP contribution is -2.27. The normalized spacial score (nSPS) is 18.8. The number of hydrogen-bond acceptors (Lipinski definition) is 2. The number of benzene rings is 1. The van der Waals surface area contributed by atoms with Crippen LogP contribution in [0.2, 0.25) is 0 Å². The molecule has 1 saturated carbocycles. The second kappa shape index (κ2) is 4.65.